The third kappa shape index (κ3) is 7.68. The van der Waals surface area contributed by atoms with E-state index < -0.39 is 0 Å². The highest BCUT2D eigenvalue weighted by atomic mass is 16.3. The van der Waals surface area contributed by atoms with E-state index in [2.05, 4.69) is 29.0 Å². The van der Waals surface area contributed by atoms with Crippen LogP contribution in [-0.2, 0) is 0 Å². The Balaban J connectivity index is 1.97. The first-order valence-corrected chi connectivity index (χ1v) is 8.45. The van der Waals surface area contributed by atoms with Gasteiger partial charge in [-0.15, -0.1) is 0 Å². The lowest BCUT2D eigenvalue weighted by molar-refractivity contribution is 0.257. The third-order valence-electron chi connectivity index (χ3n) is 3.83. The number of aliphatic imine (C=N–C) groups is 1. The summed E-state index contributed by atoms with van der Waals surface area (Å²) in [5, 5.41) is 8.97. The number of allylic oxidation sites excluding steroid dienone is 1. The van der Waals surface area contributed by atoms with Gasteiger partial charge in [0.25, 0.3) is 0 Å². The summed E-state index contributed by atoms with van der Waals surface area (Å²) >= 11 is 0. The molecule has 1 rings (SSSR count). The van der Waals surface area contributed by atoms with Crippen molar-refractivity contribution in [2.24, 2.45) is 4.99 Å². The summed E-state index contributed by atoms with van der Waals surface area (Å²) in [7, 11) is 0. The van der Waals surface area contributed by atoms with E-state index in [1.807, 2.05) is 0 Å². The number of unbranched alkanes of at least 4 members (excludes halogenated alkanes) is 8. The lowest BCUT2D eigenvalue weighted by atomic mass is 10.1. The zero-order valence-corrected chi connectivity index (χ0v) is 13.2. The first-order valence-electron chi connectivity index (χ1n) is 8.45. The zero-order valence-electron chi connectivity index (χ0n) is 13.2. The van der Waals surface area contributed by atoms with Crippen LogP contribution in [0.4, 0.5) is 0 Å². The van der Waals surface area contributed by atoms with Crippen LogP contribution in [0.5, 0.6) is 0 Å². The predicted molar refractivity (Wildman–Crippen MR) is 87.3 cm³/mol. The second kappa shape index (κ2) is 12.0. The molecule has 0 aliphatic carbocycles. The molecule has 0 bridgehead atoms. The van der Waals surface area contributed by atoms with Gasteiger partial charge in [-0.25, -0.2) is 0 Å². The minimum atomic E-state index is 0.213. The molecule has 0 aromatic rings. The molecule has 0 saturated carbocycles. The summed E-state index contributed by atoms with van der Waals surface area (Å²) in [5.74, 6) is 1.05. The van der Waals surface area contributed by atoms with E-state index in [1.165, 1.54) is 51.4 Å². The maximum absolute atomic E-state index is 8.97. The Bertz CT molecular complexity index is 287. The molecule has 0 spiro atoms. The quantitative estimate of drug-likeness (QED) is 0.552. The number of nitrogens with zero attached hydrogens (tertiary/aromatic N) is 2. The third-order valence-corrected chi connectivity index (χ3v) is 3.83. The van der Waals surface area contributed by atoms with Crippen LogP contribution in [0.1, 0.15) is 64.7 Å². The van der Waals surface area contributed by atoms with E-state index in [0.29, 0.717) is 6.54 Å². The Hall–Kier alpha value is -0.830. The van der Waals surface area contributed by atoms with Crippen molar-refractivity contribution in [3.63, 3.8) is 0 Å². The first kappa shape index (κ1) is 17.2. The Morgan fingerprint density at radius 1 is 1.10 bits per heavy atom. The maximum Gasteiger partial charge on any atom is 0.123 e. The lowest BCUT2D eigenvalue weighted by Crippen LogP contribution is -2.29. The number of hydrogen-bond donors (Lipinski definition) is 1. The van der Waals surface area contributed by atoms with Crippen molar-refractivity contribution < 1.29 is 5.11 Å². The molecule has 0 amide bonds. The average molecular weight is 280 g/mol. The largest absolute Gasteiger partial charge is 0.395 e. The second-order valence-electron chi connectivity index (χ2n) is 5.62. The van der Waals surface area contributed by atoms with Gasteiger partial charge in [-0.05, 0) is 18.9 Å². The van der Waals surface area contributed by atoms with Crippen molar-refractivity contribution >= 4 is 5.84 Å². The molecule has 1 N–H and O–H groups in total. The molecule has 0 fully saturated rings. The summed E-state index contributed by atoms with van der Waals surface area (Å²) < 4.78 is 0. The van der Waals surface area contributed by atoms with Crippen LogP contribution in [0.15, 0.2) is 17.1 Å². The van der Waals surface area contributed by atoms with Gasteiger partial charge >= 0.3 is 0 Å². The van der Waals surface area contributed by atoms with Crippen LogP contribution in [0.2, 0.25) is 0 Å². The molecule has 0 aromatic carbocycles. The predicted octanol–water partition coefficient (Wildman–Crippen LogP) is 3.78. The highest BCUT2D eigenvalue weighted by Gasteiger charge is 2.12. The highest BCUT2D eigenvalue weighted by Crippen LogP contribution is 2.10. The molecule has 0 radical (unpaired) electrons. The highest BCUT2D eigenvalue weighted by molar-refractivity contribution is 5.94. The number of hydrogen-bond acceptors (Lipinski definition) is 3. The fourth-order valence-electron chi connectivity index (χ4n) is 2.59. The SMILES string of the molecule is CCCCCCCCCCC=CC1=NCCN1CCO. The standard InChI is InChI=1S/C17H32N2O/c1-2-3-4-5-6-7-8-9-10-11-12-17-18-13-14-19(17)15-16-20/h11-12,20H,2-10,13-16H2,1H3. The van der Waals surface area contributed by atoms with E-state index in [9.17, 15) is 0 Å². The molecule has 116 valence electrons. The fraction of sp³-hybridized carbons (Fsp3) is 0.824. The van der Waals surface area contributed by atoms with Crippen molar-refractivity contribution in [1.29, 1.82) is 0 Å². The normalized spacial score (nSPS) is 15.3. The van der Waals surface area contributed by atoms with E-state index in [4.69, 9.17) is 5.11 Å². The molecule has 20 heavy (non-hydrogen) atoms. The molecule has 0 atom stereocenters. The minimum absolute atomic E-state index is 0.213. The van der Waals surface area contributed by atoms with Gasteiger partial charge < -0.3 is 10.0 Å². The van der Waals surface area contributed by atoms with Gasteiger partial charge in [0.05, 0.1) is 13.2 Å². The Kier molecular flexibility index (Phi) is 10.3. The van der Waals surface area contributed by atoms with Crippen LogP contribution >= 0.6 is 0 Å². The van der Waals surface area contributed by atoms with Crippen molar-refractivity contribution in [2.75, 3.05) is 26.2 Å². The number of aliphatic hydroxyl groups is 1. The second-order valence-corrected chi connectivity index (χ2v) is 5.62. The summed E-state index contributed by atoms with van der Waals surface area (Å²) in [6, 6.07) is 0. The van der Waals surface area contributed by atoms with Gasteiger partial charge in [0.15, 0.2) is 0 Å². The summed E-state index contributed by atoms with van der Waals surface area (Å²) in [6.07, 6.45) is 16.5. The topological polar surface area (TPSA) is 35.8 Å². The van der Waals surface area contributed by atoms with Gasteiger partial charge in [0, 0.05) is 13.1 Å². The molecule has 0 unspecified atom stereocenters. The van der Waals surface area contributed by atoms with Gasteiger partial charge in [-0.3, -0.25) is 4.99 Å². The Morgan fingerprint density at radius 2 is 1.80 bits per heavy atom. The molecule has 3 heteroatoms. The van der Waals surface area contributed by atoms with E-state index >= 15 is 0 Å². The first-order chi connectivity index (χ1) is 9.88. The summed E-state index contributed by atoms with van der Waals surface area (Å²) in [5.41, 5.74) is 0. The molecule has 3 nitrogen and oxygen atoms in total. The van der Waals surface area contributed by atoms with Gasteiger partial charge in [0.1, 0.15) is 5.84 Å². The molecular formula is C17H32N2O. The van der Waals surface area contributed by atoms with Crippen molar-refractivity contribution in [1.82, 2.24) is 4.90 Å². The average Bonchev–Trinajstić information content (AvgIpc) is 2.89. The van der Waals surface area contributed by atoms with E-state index in [0.717, 1.165) is 25.3 Å². The minimum Gasteiger partial charge on any atom is -0.395 e. The van der Waals surface area contributed by atoms with Crippen LogP contribution in [-0.4, -0.2) is 42.1 Å². The van der Waals surface area contributed by atoms with Crippen LogP contribution < -0.4 is 0 Å². The lowest BCUT2D eigenvalue weighted by Gasteiger charge is -2.16. The van der Waals surface area contributed by atoms with Gasteiger partial charge in [-0.2, -0.15) is 0 Å². The Morgan fingerprint density at radius 3 is 2.50 bits per heavy atom. The molecular weight excluding hydrogens is 248 g/mol. The molecule has 1 heterocycles. The number of aliphatic hydroxyl groups excluding tert-OH is 1. The number of β-amino-alcohol motifs (C(OH)–C–C–N with tert-alkyl or cyclic N) is 1. The van der Waals surface area contributed by atoms with E-state index in [-0.39, 0.29) is 6.61 Å². The molecule has 1 aliphatic rings. The van der Waals surface area contributed by atoms with Crippen LogP contribution in [0.25, 0.3) is 0 Å². The molecule has 1 aliphatic heterocycles. The monoisotopic (exact) mass is 280 g/mol. The molecule has 0 saturated heterocycles. The van der Waals surface area contributed by atoms with Gasteiger partial charge in [0.2, 0.25) is 0 Å². The van der Waals surface area contributed by atoms with Gasteiger partial charge in [-0.1, -0.05) is 57.9 Å². The van der Waals surface area contributed by atoms with Crippen LogP contribution in [0.3, 0.4) is 0 Å². The maximum atomic E-state index is 8.97. The summed E-state index contributed by atoms with van der Waals surface area (Å²) in [4.78, 5) is 6.61. The molecule has 0 aromatic heterocycles. The number of amidine groups is 1. The summed E-state index contributed by atoms with van der Waals surface area (Å²) in [6.45, 7) is 5.02. The zero-order chi connectivity index (χ0) is 14.5. The Labute approximate surface area is 124 Å². The fourth-order valence-corrected chi connectivity index (χ4v) is 2.59. The van der Waals surface area contributed by atoms with Crippen molar-refractivity contribution in [3.05, 3.63) is 12.2 Å². The van der Waals surface area contributed by atoms with Crippen LogP contribution in [0, 0.1) is 0 Å². The smallest absolute Gasteiger partial charge is 0.123 e. The number of rotatable bonds is 12. The van der Waals surface area contributed by atoms with E-state index in [1.54, 1.807) is 0 Å². The van der Waals surface area contributed by atoms with Crippen molar-refractivity contribution in [3.8, 4) is 0 Å². The van der Waals surface area contributed by atoms with Crippen molar-refractivity contribution in [2.45, 2.75) is 64.7 Å².